The van der Waals surface area contributed by atoms with Crippen molar-refractivity contribution in [2.24, 2.45) is 5.41 Å². The molecule has 2 nitrogen and oxygen atoms in total. The molecule has 1 fully saturated rings. The molecule has 0 spiro atoms. The molecule has 1 rings (SSSR count). The average Bonchev–Trinajstić information content (AvgIpc) is 2.55. The van der Waals surface area contributed by atoms with E-state index in [1.807, 2.05) is 0 Å². The van der Waals surface area contributed by atoms with Crippen molar-refractivity contribution in [3.8, 4) is 0 Å². The summed E-state index contributed by atoms with van der Waals surface area (Å²) in [4.78, 5) is 0. The molecule has 1 atom stereocenters. The first-order valence-corrected chi connectivity index (χ1v) is 5.24. The maximum absolute atomic E-state index is 3.53. The molecule has 12 heavy (non-hydrogen) atoms. The lowest BCUT2D eigenvalue weighted by Crippen LogP contribution is -2.36. The van der Waals surface area contributed by atoms with Gasteiger partial charge in [0, 0.05) is 13.1 Å². The second-order valence-corrected chi connectivity index (χ2v) is 3.96. The van der Waals surface area contributed by atoms with Crippen molar-refractivity contribution in [2.45, 2.75) is 33.1 Å². The zero-order valence-corrected chi connectivity index (χ0v) is 8.45. The summed E-state index contributed by atoms with van der Waals surface area (Å²) in [5, 5.41) is 6.98. The third-order valence-corrected chi connectivity index (χ3v) is 3.01. The van der Waals surface area contributed by atoms with Gasteiger partial charge in [0.1, 0.15) is 0 Å². The molecule has 1 aliphatic rings. The number of hydrogen-bond donors (Lipinski definition) is 2. The van der Waals surface area contributed by atoms with Crippen LogP contribution in [0.2, 0.25) is 0 Å². The Bertz CT molecular complexity index is 117. The smallest absolute Gasteiger partial charge is 0.00204 e. The first kappa shape index (κ1) is 10.0. The quantitative estimate of drug-likeness (QED) is 0.609. The fourth-order valence-corrected chi connectivity index (χ4v) is 1.90. The maximum atomic E-state index is 3.53. The molecule has 0 amide bonds. The highest BCUT2D eigenvalue weighted by molar-refractivity contribution is 4.88. The minimum absolute atomic E-state index is 0.565. The van der Waals surface area contributed by atoms with Crippen LogP contribution in [-0.2, 0) is 0 Å². The first-order valence-electron chi connectivity index (χ1n) is 5.24. The van der Waals surface area contributed by atoms with Crippen molar-refractivity contribution >= 4 is 0 Å². The van der Waals surface area contributed by atoms with E-state index in [9.17, 15) is 0 Å². The van der Waals surface area contributed by atoms with Gasteiger partial charge in [-0.3, -0.25) is 0 Å². The van der Waals surface area contributed by atoms with Crippen LogP contribution in [0.25, 0.3) is 0 Å². The van der Waals surface area contributed by atoms with Gasteiger partial charge in [-0.15, -0.1) is 0 Å². The van der Waals surface area contributed by atoms with E-state index in [0.717, 1.165) is 0 Å². The zero-order valence-electron chi connectivity index (χ0n) is 8.45. The Balaban J connectivity index is 2.24. The molecule has 2 N–H and O–H groups in total. The van der Waals surface area contributed by atoms with Crippen LogP contribution in [0.15, 0.2) is 0 Å². The van der Waals surface area contributed by atoms with Crippen molar-refractivity contribution < 1.29 is 0 Å². The molecule has 0 saturated carbocycles. The summed E-state index contributed by atoms with van der Waals surface area (Å²) in [6.07, 6.45) is 3.89. The van der Waals surface area contributed by atoms with E-state index < -0.39 is 0 Å². The monoisotopic (exact) mass is 170 g/mol. The van der Waals surface area contributed by atoms with Gasteiger partial charge >= 0.3 is 0 Å². The summed E-state index contributed by atoms with van der Waals surface area (Å²) in [6, 6.07) is 0. The Kier molecular flexibility index (Phi) is 4.02. The molecule has 2 heteroatoms. The fraction of sp³-hybridized carbons (Fsp3) is 1.00. The summed E-state index contributed by atoms with van der Waals surface area (Å²) < 4.78 is 0. The lowest BCUT2D eigenvalue weighted by Gasteiger charge is -2.26. The van der Waals surface area contributed by atoms with Crippen molar-refractivity contribution in [3.63, 3.8) is 0 Å². The molecule has 1 saturated heterocycles. The summed E-state index contributed by atoms with van der Waals surface area (Å²) in [6.45, 7) is 9.31. The molecule has 0 bridgehead atoms. The van der Waals surface area contributed by atoms with Crippen LogP contribution in [0.3, 0.4) is 0 Å². The van der Waals surface area contributed by atoms with Gasteiger partial charge in [-0.2, -0.15) is 0 Å². The minimum atomic E-state index is 0.565. The molecule has 0 aromatic carbocycles. The predicted octanol–water partition coefficient (Wildman–Crippen LogP) is 1.38. The van der Waals surface area contributed by atoms with Gasteiger partial charge < -0.3 is 10.6 Å². The normalized spacial score (nSPS) is 29.5. The average molecular weight is 170 g/mol. The second-order valence-electron chi connectivity index (χ2n) is 3.96. The van der Waals surface area contributed by atoms with E-state index in [0.29, 0.717) is 5.41 Å². The molecule has 72 valence electrons. The third-order valence-electron chi connectivity index (χ3n) is 3.01. The van der Waals surface area contributed by atoms with E-state index in [1.54, 1.807) is 0 Å². The number of rotatable bonds is 5. The third kappa shape index (κ3) is 2.46. The molecule has 1 heterocycles. The Morgan fingerprint density at radius 3 is 2.75 bits per heavy atom. The fourth-order valence-electron chi connectivity index (χ4n) is 1.90. The van der Waals surface area contributed by atoms with Crippen LogP contribution in [-0.4, -0.2) is 26.2 Å². The van der Waals surface area contributed by atoms with E-state index >= 15 is 0 Å². The van der Waals surface area contributed by atoms with Crippen LogP contribution in [0, 0.1) is 5.41 Å². The van der Waals surface area contributed by atoms with Gasteiger partial charge in [0.25, 0.3) is 0 Å². The van der Waals surface area contributed by atoms with Gasteiger partial charge in [0.2, 0.25) is 0 Å². The Labute approximate surface area is 76.1 Å². The second kappa shape index (κ2) is 4.83. The van der Waals surface area contributed by atoms with Crippen molar-refractivity contribution in [2.75, 3.05) is 26.2 Å². The Morgan fingerprint density at radius 1 is 1.42 bits per heavy atom. The number of hydrogen-bond acceptors (Lipinski definition) is 2. The van der Waals surface area contributed by atoms with Crippen LogP contribution in [0.4, 0.5) is 0 Å². The van der Waals surface area contributed by atoms with E-state index in [-0.39, 0.29) is 0 Å². The topological polar surface area (TPSA) is 24.1 Å². The highest BCUT2D eigenvalue weighted by Gasteiger charge is 2.30. The van der Waals surface area contributed by atoms with E-state index in [2.05, 4.69) is 24.5 Å². The minimum Gasteiger partial charge on any atom is -0.316 e. The molecule has 1 unspecified atom stereocenters. The SMILES string of the molecule is CCCNCC1(CC)CCNC1. The molecular weight excluding hydrogens is 148 g/mol. The highest BCUT2D eigenvalue weighted by Crippen LogP contribution is 2.27. The summed E-state index contributed by atoms with van der Waals surface area (Å²) >= 11 is 0. The van der Waals surface area contributed by atoms with Crippen LogP contribution in [0.5, 0.6) is 0 Å². The van der Waals surface area contributed by atoms with E-state index in [4.69, 9.17) is 0 Å². The standard InChI is InChI=1S/C10H22N2/c1-3-6-11-8-10(4-2)5-7-12-9-10/h11-12H,3-9H2,1-2H3. The molecule has 0 aliphatic carbocycles. The Morgan fingerprint density at radius 2 is 2.25 bits per heavy atom. The van der Waals surface area contributed by atoms with Crippen LogP contribution in [0.1, 0.15) is 33.1 Å². The van der Waals surface area contributed by atoms with Crippen molar-refractivity contribution in [1.29, 1.82) is 0 Å². The van der Waals surface area contributed by atoms with Crippen LogP contribution >= 0.6 is 0 Å². The molecular formula is C10H22N2. The lowest BCUT2D eigenvalue weighted by atomic mass is 9.84. The molecule has 1 aliphatic heterocycles. The first-order chi connectivity index (χ1) is 5.83. The predicted molar refractivity (Wildman–Crippen MR) is 53.4 cm³/mol. The van der Waals surface area contributed by atoms with Crippen LogP contribution < -0.4 is 10.6 Å². The zero-order chi connectivity index (χ0) is 8.86. The number of nitrogens with one attached hydrogen (secondary N) is 2. The van der Waals surface area contributed by atoms with Gasteiger partial charge in [-0.25, -0.2) is 0 Å². The van der Waals surface area contributed by atoms with Gasteiger partial charge in [0.05, 0.1) is 0 Å². The summed E-state index contributed by atoms with van der Waals surface area (Å²) in [7, 11) is 0. The van der Waals surface area contributed by atoms with Gasteiger partial charge in [-0.1, -0.05) is 13.8 Å². The summed E-state index contributed by atoms with van der Waals surface area (Å²) in [5.74, 6) is 0. The van der Waals surface area contributed by atoms with Crippen molar-refractivity contribution in [3.05, 3.63) is 0 Å². The highest BCUT2D eigenvalue weighted by atomic mass is 15.0. The van der Waals surface area contributed by atoms with Gasteiger partial charge in [-0.05, 0) is 37.8 Å². The lowest BCUT2D eigenvalue weighted by molar-refractivity contribution is 0.292. The van der Waals surface area contributed by atoms with Crippen molar-refractivity contribution in [1.82, 2.24) is 10.6 Å². The molecule has 0 radical (unpaired) electrons. The summed E-state index contributed by atoms with van der Waals surface area (Å²) in [5.41, 5.74) is 0.565. The molecule has 0 aromatic rings. The van der Waals surface area contributed by atoms with E-state index in [1.165, 1.54) is 45.4 Å². The molecule has 0 aromatic heterocycles. The Hall–Kier alpha value is -0.0800. The van der Waals surface area contributed by atoms with Gasteiger partial charge in [0.15, 0.2) is 0 Å². The largest absolute Gasteiger partial charge is 0.316 e. The maximum Gasteiger partial charge on any atom is 0.00204 e.